The zero-order valence-corrected chi connectivity index (χ0v) is 11.1. The topological polar surface area (TPSA) is 41.5 Å². The predicted octanol–water partition coefficient (Wildman–Crippen LogP) is 3.21. The average Bonchev–Trinajstić information content (AvgIpc) is 2.42. The van der Waals surface area contributed by atoms with Gasteiger partial charge in [-0.15, -0.1) is 0 Å². The Morgan fingerprint density at radius 1 is 1.06 bits per heavy atom. The van der Waals surface area contributed by atoms with Gasteiger partial charge in [-0.3, -0.25) is 4.79 Å². The van der Waals surface area contributed by atoms with E-state index in [9.17, 15) is 4.79 Å². The molecule has 0 aromatic heterocycles. The van der Waals surface area contributed by atoms with Gasteiger partial charge < -0.3 is 0 Å². The smallest absolute Gasteiger partial charge is 0.267 e. The fraction of sp³-hybridized carbons (Fsp3) is 0. The summed E-state index contributed by atoms with van der Waals surface area (Å²) >= 11 is 3.35. The lowest BCUT2D eigenvalue weighted by atomic mass is 10.2. The summed E-state index contributed by atoms with van der Waals surface area (Å²) in [4.78, 5) is 11.7. The fourth-order valence-electron chi connectivity index (χ4n) is 1.37. The van der Waals surface area contributed by atoms with E-state index >= 15 is 0 Å². The predicted molar refractivity (Wildman–Crippen MR) is 75.6 cm³/mol. The van der Waals surface area contributed by atoms with Crippen LogP contribution in [0.1, 0.15) is 15.9 Å². The Morgan fingerprint density at radius 2 is 1.72 bits per heavy atom. The maximum absolute atomic E-state index is 11.7. The highest BCUT2D eigenvalue weighted by molar-refractivity contribution is 9.10. The van der Waals surface area contributed by atoms with E-state index < -0.39 is 0 Å². The maximum Gasteiger partial charge on any atom is 0.271 e. The van der Waals surface area contributed by atoms with Crippen LogP contribution in [-0.2, 0) is 0 Å². The molecule has 0 radical (unpaired) electrons. The second kappa shape index (κ2) is 6.12. The van der Waals surface area contributed by atoms with Crippen molar-refractivity contribution in [2.45, 2.75) is 0 Å². The minimum absolute atomic E-state index is 0.219. The molecule has 0 saturated carbocycles. The van der Waals surface area contributed by atoms with Gasteiger partial charge in [-0.05, 0) is 29.8 Å². The molecule has 1 amide bonds. The summed E-state index contributed by atoms with van der Waals surface area (Å²) in [6.07, 6.45) is 1.60. The van der Waals surface area contributed by atoms with Crippen LogP contribution < -0.4 is 5.43 Å². The highest BCUT2D eigenvalue weighted by atomic mass is 79.9. The number of carbonyl (C=O) groups is 1. The minimum Gasteiger partial charge on any atom is -0.267 e. The highest BCUT2D eigenvalue weighted by Gasteiger charge is 2.01. The SMILES string of the molecule is O=C(N/N=C/c1ccc(Br)cc1)c1ccccc1. The molecular formula is C14H11BrN2O. The van der Waals surface area contributed by atoms with Gasteiger partial charge in [0.05, 0.1) is 6.21 Å². The van der Waals surface area contributed by atoms with Crippen molar-refractivity contribution in [3.8, 4) is 0 Å². The number of carbonyl (C=O) groups excluding carboxylic acids is 1. The molecule has 4 heteroatoms. The Morgan fingerprint density at radius 3 is 2.39 bits per heavy atom. The maximum atomic E-state index is 11.7. The monoisotopic (exact) mass is 302 g/mol. The van der Waals surface area contributed by atoms with Crippen molar-refractivity contribution in [2.24, 2.45) is 5.10 Å². The van der Waals surface area contributed by atoms with Crippen LogP contribution in [0.15, 0.2) is 64.2 Å². The van der Waals surface area contributed by atoms with E-state index in [1.165, 1.54) is 0 Å². The van der Waals surface area contributed by atoms with E-state index in [-0.39, 0.29) is 5.91 Å². The van der Waals surface area contributed by atoms with Gasteiger partial charge >= 0.3 is 0 Å². The highest BCUT2D eigenvalue weighted by Crippen LogP contribution is 2.08. The van der Waals surface area contributed by atoms with Crippen molar-refractivity contribution in [1.29, 1.82) is 0 Å². The third-order valence-corrected chi connectivity index (χ3v) is 2.81. The Balaban J connectivity index is 1.96. The van der Waals surface area contributed by atoms with E-state index in [1.807, 2.05) is 42.5 Å². The van der Waals surface area contributed by atoms with E-state index in [2.05, 4.69) is 26.5 Å². The van der Waals surface area contributed by atoms with E-state index in [0.717, 1.165) is 10.0 Å². The van der Waals surface area contributed by atoms with Gasteiger partial charge in [-0.25, -0.2) is 5.43 Å². The summed E-state index contributed by atoms with van der Waals surface area (Å²) in [5.41, 5.74) is 3.99. The normalized spacial score (nSPS) is 10.5. The molecule has 0 spiro atoms. The standard InChI is InChI=1S/C14H11BrN2O/c15-13-8-6-11(7-9-13)10-16-17-14(18)12-4-2-1-3-5-12/h1-10H,(H,17,18)/b16-10+. The summed E-state index contributed by atoms with van der Waals surface area (Å²) in [5, 5.41) is 3.91. The molecule has 1 N–H and O–H groups in total. The molecule has 0 fully saturated rings. The summed E-state index contributed by atoms with van der Waals surface area (Å²) in [6, 6.07) is 16.6. The summed E-state index contributed by atoms with van der Waals surface area (Å²) in [7, 11) is 0. The molecule has 0 saturated heterocycles. The number of halogens is 1. The minimum atomic E-state index is -0.219. The van der Waals surface area contributed by atoms with Crippen LogP contribution in [0.2, 0.25) is 0 Å². The van der Waals surface area contributed by atoms with Crippen LogP contribution in [0.4, 0.5) is 0 Å². The number of hydrogen-bond donors (Lipinski definition) is 1. The molecule has 0 heterocycles. The van der Waals surface area contributed by atoms with Crippen LogP contribution in [0.25, 0.3) is 0 Å². The number of amides is 1. The van der Waals surface area contributed by atoms with Gasteiger partial charge in [-0.2, -0.15) is 5.10 Å². The lowest BCUT2D eigenvalue weighted by molar-refractivity contribution is 0.0955. The second-order valence-corrected chi connectivity index (χ2v) is 4.53. The van der Waals surface area contributed by atoms with Gasteiger partial charge in [0.2, 0.25) is 0 Å². The number of nitrogens with zero attached hydrogens (tertiary/aromatic N) is 1. The number of nitrogens with one attached hydrogen (secondary N) is 1. The quantitative estimate of drug-likeness (QED) is 0.686. The van der Waals surface area contributed by atoms with E-state index in [0.29, 0.717) is 5.56 Å². The first-order valence-corrected chi connectivity index (χ1v) is 6.19. The number of hydrazone groups is 1. The van der Waals surface area contributed by atoms with Gasteiger partial charge in [0.25, 0.3) is 5.91 Å². The first-order valence-electron chi connectivity index (χ1n) is 5.40. The first-order chi connectivity index (χ1) is 8.75. The van der Waals surface area contributed by atoms with Gasteiger partial charge in [0, 0.05) is 10.0 Å². The van der Waals surface area contributed by atoms with Crippen molar-refractivity contribution in [3.05, 3.63) is 70.2 Å². The molecule has 2 aromatic carbocycles. The molecule has 2 rings (SSSR count). The van der Waals surface area contributed by atoms with E-state index in [1.54, 1.807) is 18.3 Å². The number of rotatable bonds is 3. The number of benzene rings is 2. The molecular weight excluding hydrogens is 292 g/mol. The third kappa shape index (κ3) is 3.53. The lowest BCUT2D eigenvalue weighted by Gasteiger charge is -1.98. The molecule has 90 valence electrons. The van der Waals surface area contributed by atoms with Crippen molar-refractivity contribution in [2.75, 3.05) is 0 Å². The van der Waals surface area contributed by atoms with Crippen LogP contribution in [0, 0.1) is 0 Å². The molecule has 0 atom stereocenters. The van der Waals surface area contributed by atoms with Crippen molar-refractivity contribution in [1.82, 2.24) is 5.43 Å². The molecule has 18 heavy (non-hydrogen) atoms. The average molecular weight is 303 g/mol. The lowest BCUT2D eigenvalue weighted by Crippen LogP contribution is -2.17. The van der Waals surface area contributed by atoms with Gasteiger partial charge in [0.1, 0.15) is 0 Å². The largest absolute Gasteiger partial charge is 0.271 e. The van der Waals surface area contributed by atoms with Crippen molar-refractivity contribution < 1.29 is 4.79 Å². The third-order valence-electron chi connectivity index (χ3n) is 2.29. The summed E-state index contributed by atoms with van der Waals surface area (Å²) in [5.74, 6) is -0.219. The molecule has 0 unspecified atom stereocenters. The van der Waals surface area contributed by atoms with Crippen LogP contribution in [-0.4, -0.2) is 12.1 Å². The zero-order valence-electron chi connectivity index (χ0n) is 9.51. The van der Waals surface area contributed by atoms with Crippen molar-refractivity contribution >= 4 is 28.1 Å². The Kier molecular flexibility index (Phi) is 4.25. The van der Waals surface area contributed by atoms with Crippen LogP contribution in [0.5, 0.6) is 0 Å². The molecule has 0 aliphatic carbocycles. The van der Waals surface area contributed by atoms with Crippen LogP contribution in [0.3, 0.4) is 0 Å². The molecule has 0 aliphatic rings. The second-order valence-electron chi connectivity index (χ2n) is 3.62. The molecule has 0 bridgehead atoms. The van der Waals surface area contributed by atoms with Crippen molar-refractivity contribution in [3.63, 3.8) is 0 Å². The first kappa shape index (κ1) is 12.5. The Hall–Kier alpha value is -1.94. The Labute approximate surface area is 114 Å². The van der Waals surface area contributed by atoms with E-state index in [4.69, 9.17) is 0 Å². The fourth-order valence-corrected chi connectivity index (χ4v) is 1.63. The zero-order chi connectivity index (χ0) is 12.8. The van der Waals surface area contributed by atoms with Gasteiger partial charge in [0.15, 0.2) is 0 Å². The molecule has 2 aromatic rings. The molecule has 3 nitrogen and oxygen atoms in total. The number of hydrogen-bond acceptors (Lipinski definition) is 2. The van der Waals surface area contributed by atoms with Gasteiger partial charge in [-0.1, -0.05) is 46.3 Å². The summed E-state index contributed by atoms with van der Waals surface area (Å²) < 4.78 is 1.01. The molecule has 0 aliphatic heterocycles. The summed E-state index contributed by atoms with van der Waals surface area (Å²) in [6.45, 7) is 0. The Bertz CT molecular complexity index is 550. The van der Waals surface area contributed by atoms with Crippen LogP contribution >= 0.6 is 15.9 Å².